The summed E-state index contributed by atoms with van der Waals surface area (Å²) in [5.74, 6) is -0.195. The van der Waals surface area contributed by atoms with E-state index in [4.69, 9.17) is 4.42 Å². The molecule has 0 atom stereocenters. The third-order valence-electron chi connectivity index (χ3n) is 4.86. The Kier molecular flexibility index (Phi) is 3.98. The van der Waals surface area contributed by atoms with Gasteiger partial charge >= 0.3 is 0 Å². The number of fused-ring (bicyclic) bond motifs is 2. The third kappa shape index (κ3) is 2.88. The number of aromatic nitrogens is 2. The molecular weight excluding hydrogens is 370 g/mol. The van der Waals surface area contributed by atoms with Crippen LogP contribution in [0.3, 0.4) is 0 Å². The van der Waals surface area contributed by atoms with Crippen molar-refractivity contribution in [3.8, 4) is 0 Å². The van der Waals surface area contributed by atoms with Crippen molar-refractivity contribution in [2.45, 2.75) is 13.5 Å². The molecule has 138 valence electrons. The Bertz CT molecular complexity index is 1280. The van der Waals surface area contributed by atoms with E-state index >= 15 is 0 Å². The molecule has 0 aliphatic carbocycles. The van der Waals surface area contributed by atoms with Gasteiger partial charge in [-0.3, -0.25) is 10.1 Å². The van der Waals surface area contributed by atoms with E-state index in [1.54, 1.807) is 12.3 Å². The predicted molar refractivity (Wildman–Crippen MR) is 112 cm³/mol. The van der Waals surface area contributed by atoms with Crippen LogP contribution < -0.4 is 5.32 Å². The molecule has 3 aromatic heterocycles. The number of rotatable bonds is 4. The lowest BCUT2D eigenvalue weighted by Crippen LogP contribution is -2.17. The first-order valence-corrected chi connectivity index (χ1v) is 9.79. The minimum Gasteiger partial charge on any atom is -0.463 e. The Labute approximate surface area is 165 Å². The molecule has 6 heteroatoms. The summed E-state index contributed by atoms with van der Waals surface area (Å²) in [6.07, 6.45) is 1.65. The Hall–Kier alpha value is -3.38. The number of nitrogens with zero attached hydrogens (tertiary/aromatic N) is 2. The summed E-state index contributed by atoms with van der Waals surface area (Å²) in [6, 6.07) is 19.7. The highest BCUT2D eigenvalue weighted by atomic mass is 32.1. The van der Waals surface area contributed by atoms with E-state index in [9.17, 15) is 4.79 Å². The Morgan fingerprint density at radius 2 is 1.96 bits per heavy atom. The minimum atomic E-state index is -0.195. The number of hydrogen-bond acceptors (Lipinski definition) is 4. The molecule has 0 saturated carbocycles. The van der Waals surface area contributed by atoms with Crippen LogP contribution in [-0.4, -0.2) is 15.5 Å². The zero-order chi connectivity index (χ0) is 19.1. The van der Waals surface area contributed by atoms with E-state index in [1.165, 1.54) is 16.9 Å². The Balaban J connectivity index is 1.52. The van der Waals surface area contributed by atoms with Gasteiger partial charge in [0.15, 0.2) is 10.7 Å². The van der Waals surface area contributed by atoms with Crippen LogP contribution in [0.15, 0.2) is 71.3 Å². The van der Waals surface area contributed by atoms with E-state index in [0.29, 0.717) is 23.0 Å². The van der Waals surface area contributed by atoms with Gasteiger partial charge in [-0.1, -0.05) is 47.7 Å². The number of aryl methyl sites for hydroxylation is 1. The van der Waals surface area contributed by atoms with Gasteiger partial charge in [0.1, 0.15) is 5.69 Å². The lowest BCUT2D eigenvalue weighted by Gasteiger charge is -2.11. The van der Waals surface area contributed by atoms with Crippen LogP contribution in [0.5, 0.6) is 0 Å². The maximum absolute atomic E-state index is 13.0. The van der Waals surface area contributed by atoms with Gasteiger partial charge in [-0.15, -0.1) is 0 Å². The standard InChI is InChI=1S/C22H17N3O2S/c1-14-6-2-3-7-15(14)13-25-17-10-11-27-19(17)12-18(25)21(26)24-22-23-16-8-4-5-9-20(16)28-22/h2-12H,13H2,1H3,(H,23,24,26). The number of anilines is 1. The average Bonchev–Trinajstić information content (AvgIpc) is 3.38. The smallest absolute Gasteiger partial charge is 0.274 e. The van der Waals surface area contributed by atoms with Crippen molar-refractivity contribution < 1.29 is 9.21 Å². The lowest BCUT2D eigenvalue weighted by molar-refractivity contribution is 0.101. The number of para-hydroxylation sites is 1. The fraction of sp³-hybridized carbons (Fsp3) is 0.0909. The molecule has 0 radical (unpaired) electrons. The van der Waals surface area contributed by atoms with E-state index in [1.807, 2.05) is 47.0 Å². The molecule has 0 fully saturated rings. The van der Waals surface area contributed by atoms with Crippen LogP contribution in [0.4, 0.5) is 5.13 Å². The molecule has 3 heterocycles. The van der Waals surface area contributed by atoms with Crippen molar-refractivity contribution in [2.24, 2.45) is 0 Å². The average molecular weight is 387 g/mol. The molecule has 5 rings (SSSR count). The van der Waals surface area contributed by atoms with Gasteiger partial charge in [0.2, 0.25) is 0 Å². The molecule has 0 spiro atoms. The van der Waals surface area contributed by atoms with Crippen molar-refractivity contribution in [2.75, 3.05) is 5.32 Å². The summed E-state index contributed by atoms with van der Waals surface area (Å²) in [5, 5.41) is 3.53. The van der Waals surface area contributed by atoms with Gasteiger partial charge in [0.05, 0.1) is 22.0 Å². The maximum Gasteiger partial charge on any atom is 0.274 e. The van der Waals surface area contributed by atoms with Crippen LogP contribution in [0.1, 0.15) is 21.6 Å². The van der Waals surface area contributed by atoms with Gasteiger partial charge in [0, 0.05) is 18.7 Å². The summed E-state index contributed by atoms with van der Waals surface area (Å²) in [4.78, 5) is 17.5. The summed E-state index contributed by atoms with van der Waals surface area (Å²) in [6.45, 7) is 2.67. The van der Waals surface area contributed by atoms with Gasteiger partial charge < -0.3 is 8.98 Å². The summed E-state index contributed by atoms with van der Waals surface area (Å²) in [5.41, 5.74) is 5.38. The molecule has 0 bridgehead atoms. The fourth-order valence-electron chi connectivity index (χ4n) is 3.38. The van der Waals surface area contributed by atoms with E-state index in [-0.39, 0.29) is 5.91 Å². The van der Waals surface area contributed by atoms with Crippen LogP contribution in [0.2, 0.25) is 0 Å². The highest BCUT2D eigenvalue weighted by Gasteiger charge is 2.19. The van der Waals surface area contributed by atoms with Crippen molar-refractivity contribution >= 4 is 43.7 Å². The Morgan fingerprint density at radius 1 is 1.14 bits per heavy atom. The summed E-state index contributed by atoms with van der Waals surface area (Å²) >= 11 is 1.47. The van der Waals surface area contributed by atoms with Crippen molar-refractivity contribution in [1.29, 1.82) is 0 Å². The SMILES string of the molecule is Cc1ccccc1Cn1c(C(=O)Nc2nc3ccccc3s2)cc2occc21. The first-order chi connectivity index (χ1) is 13.7. The normalized spacial score (nSPS) is 11.3. The lowest BCUT2D eigenvalue weighted by atomic mass is 10.1. The first kappa shape index (κ1) is 16.8. The third-order valence-corrected chi connectivity index (χ3v) is 5.81. The number of furan rings is 1. The number of thiazole rings is 1. The zero-order valence-corrected chi connectivity index (χ0v) is 16.0. The van der Waals surface area contributed by atoms with Gasteiger partial charge in [-0.05, 0) is 30.2 Å². The summed E-state index contributed by atoms with van der Waals surface area (Å²) < 4.78 is 8.57. The maximum atomic E-state index is 13.0. The van der Waals surface area contributed by atoms with Crippen LogP contribution in [0.25, 0.3) is 21.3 Å². The monoisotopic (exact) mass is 387 g/mol. The number of carbonyl (C=O) groups excluding carboxylic acids is 1. The first-order valence-electron chi connectivity index (χ1n) is 8.97. The van der Waals surface area contributed by atoms with Crippen molar-refractivity contribution in [1.82, 2.24) is 9.55 Å². The van der Waals surface area contributed by atoms with E-state index in [2.05, 4.69) is 29.4 Å². The van der Waals surface area contributed by atoms with E-state index in [0.717, 1.165) is 21.3 Å². The highest BCUT2D eigenvalue weighted by Crippen LogP contribution is 2.27. The van der Waals surface area contributed by atoms with Crippen LogP contribution >= 0.6 is 11.3 Å². The van der Waals surface area contributed by atoms with Crippen molar-refractivity contribution in [3.05, 3.63) is 83.7 Å². The zero-order valence-electron chi connectivity index (χ0n) is 15.2. The van der Waals surface area contributed by atoms with Crippen molar-refractivity contribution in [3.63, 3.8) is 0 Å². The highest BCUT2D eigenvalue weighted by molar-refractivity contribution is 7.22. The molecule has 1 N–H and O–H groups in total. The Morgan fingerprint density at radius 3 is 2.82 bits per heavy atom. The number of nitrogens with one attached hydrogen (secondary N) is 1. The minimum absolute atomic E-state index is 0.195. The molecule has 5 aromatic rings. The van der Waals surface area contributed by atoms with Crippen LogP contribution in [-0.2, 0) is 6.54 Å². The number of hydrogen-bond donors (Lipinski definition) is 1. The molecule has 2 aromatic carbocycles. The van der Waals surface area contributed by atoms with Gasteiger partial charge in [0.25, 0.3) is 5.91 Å². The molecule has 0 saturated heterocycles. The van der Waals surface area contributed by atoms with E-state index < -0.39 is 0 Å². The van der Waals surface area contributed by atoms with Crippen LogP contribution in [0, 0.1) is 6.92 Å². The van der Waals surface area contributed by atoms with Gasteiger partial charge in [-0.2, -0.15) is 0 Å². The predicted octanol–water partition coefficient (Wildman–Crippen LogP) is 5.45. The fourth-order valence-corrected chi connectivity index (χ4v) is 4.24. The molecule has 0 unspecified atom stereocenters. The summed E-state index contributed by atoms with van der Waals surface area (Å²) in [7, 11) is 0. The number of amides is 1. The topological polar surface area (TPSA) is 60.1 Å². The number of carbonyl (C=O) groups is 1. The number of benzene rings is 2. The second-order valence-corrected chi connectivity index (χ2v) is 7.68. The molecule has 28 heavy (non-hydrogen) atoms. The quantitative estimate of drug-likeness (QED) is 0.446. The second-order valence-electron chi connectivity index (χ2n) is 6.65. The second kappa shape index (κ2) is 6.65. The molecule has 0 aliphatic heterocycles. The molecule has 1 amide bonds. The van der Waals surface area contributed by atoms with Gasteiger partial charge in [-0.25, -0.2) is 4.98 Å². The molecular formula is C22H17N3O2S. The molecule has 5 nitrogen and oxygen atoms in total. The molecule has 0 aliphatic rings. The largest absolute Gasteiger partial charge is 0.463 e.